The predicted octanol–water partition coefficient (Wildman–Crippen LogP) is 7.37. The number of rotatable bonds is 8. The number of aryl methyl sites for hydroxylation is 1. The average Bonchev–Trinajstić information content (AvgIpc) is 2.73. The van der Waals surface area contributed by atoms with E-state index in [0.717, 1.165) is 17.9 Å². The molecule has 0 bridgehead atoms. The number of benzene rings is 2. The van der Waals surface area contributed by atoms with E-state index in [1.54, 1.807) is 0 Å². The Hall–Kier alpha value is -2.35. The average molecular weight is 377 g/mol. The highest BCUT2D eigenvalue weighted by molar-refractivity contribution is 5.91. The highest BCUT2D eigenvalue weighted by atomic mass is 16.5. The first-order valence-electron chi connectivity index (χ1n) is 10.7. The summed E-state index contributed by atoms with van der Waals surface area (Å²) in [7, 11) is 0. The zero-order chi connectivity index (χ0) is 19.8. The zero-order valence-corrected chi connectivity index (χ0v) is 17.2. The van der Waals surface area contributed by atoms with Gasteiger partial charge in [-0.15, -0.1) is 0 Å². The number of allylic oxidation sites excluding steroid dienone is 2. The SMILES string of the molecule is CCCCCCC1CC=C(c2ccc(C(=O)Oc3ccc(C)cc3)cc2)CC1. The number of ether oxygens (including phenoxy) is 1. The van der Waals surface area contributed by atoms with Gasteiger partial charge in [-0.1, -0.05) is 74.9 Å². The highest BCUT2D eigenvalue weighted by Gasteiger charge is 2.16. The smallest absolute Gasteiger partial charge is 0.343 e. The van der Waals surface area contributed by atoms with Crippen LogP contribution in [0.4, 0.5) is 0 Å². The lowest BCUT2D eigenvalue weighted by atomic mass is 9.84. The Morgan fingerprint density at radius 1 is 1.00 bits per heavy atom. The monoisotopic (exact) mass is 376 g/mol. The van der Waals surface area contributed by atoms with Crippen molar-refractivity contribution in [3.05, 3.63) is 71.3 Å². The standard InChI is InChI=1S/C26H32O2/c1-3-4-5-6-7-21-10-12-22(13-11-21)23-14-16-24(17-15-23)26(27)28-25-18-8-20(2)9-19-25/h8-9,12,14-19,21H,3-7,10-11,13H2,1-2H3. The molecule has 1 atom stereocenters. The third-order valence-corrected chi connectivity index (χ3v) is 5.71. The van der Waals surface area contributed by atoms with Crippen LogP contribution in [0.25, 0.3) is 5.57 Å². The van der Waals surface area contributed by atoms with Gasteiger partial charge in [0, 0.05) is 0 Å². The molecule has 2 heteroatoms. The molecule has 0 aliphatic heterocycles. The van der Waals surface area contributed by atoms with Crippen LogP contribution in [0.15, 0.2) is 54.6 Å². The molecule has 1 unspecified atom stereocenters. The van der Waals surface area contributed by atoms with E-state index in [9.17, 15) is 4.79 Å². The molecule has 3 rings (SSSR count). The summed E-state index contributed by atoms with van der Waals surface area (Å²) in [6.45, 7) is 4.28. The molecule has 1 aliphatic rings. The summed E-state index contributed by atoms with van der Waals surface area (Å²) in [6.07, 6.45) is 12.8. The number of hydrogen-bond acceptors (Lipinski definition) is 2. The van der Waals surface area contributed by atoms with Crippen LogP contribution in [-0.4, -0.2) is 5.97 Å². The van der Waals surface area contributed by atoms with E-state index in [2.05, 4.69) is 25.1 Å². The van der Waals surface area contributed by atoms with Crippen LogP contribution in [0.3, 0.4) is 0 Å². The minimum absolute atomic E-state index is 0.305. The molecule has 0 fully saturated rings. The Morgan fingerprint density at radius 2 is 1.75 bits per heavy atom. The summed E-state index contributed by atoms with van der Waals surface area (Å²) in [5.74, 6) is 1.13. The Morgan fingerprint density at radius 3 is 2.39 bits per heavy atom. The van der Waals surface area contributed by atoms with Gasteiger partial charge in [0.25, 0.3) is 0 Å². The first-order valence-corrected chi connectivity index (χ1v) is 10.7. The summed E-state index contributed by atoms with van der Waals surface area (Å²) < 4.78 is 5.46. The first-order chi connectivity index (χ1) is 13.7. The lowest BCUT2D eigenvalue weighted by Gasteiger charge is -2.22. The number of carbonyl (C=O) groups is 1. The maximum atomic E-state index is 12.3. The number of hydrogen-bond donors (Lipinski definition) is 0. The molecule has 0 saturated carbocycles. The summed E-state index contributed by atoms with van der Waals surface area (Å²) >= 11 is 0. The lowest BCUT2D eigenvalue weighted by Crippen LogP contribution is -2.09. The van der Waals surface area contributed by atoms with E-state index in [1.807, 2.05) is 43.3 Å². The first kappa shape index (κ1) is 20.4. The van der Waals surface area contributed by atoms with Crippen LogP contribution < -0.4 is 4.74 Å². The van der Waals surface area contributed by atoms with E-state index in [1.165, 1.54) is 56.1 Å². The van der Waals surface area contributed by atoms with Crippen molar-refractivity contribution < 1.29 is 9.53 Å². The van der Waals surface area contributed by atoms with Crippen molar-refractivity contribution in [1.82, 2.24) is 0 Å². The van der Waals surface area contributed by atoms with Gasteiger partial charge in [0.2, 0.25) is 0 Å². The van der Waals surface area contributed by atoms with Gasteiger partial charge in [-0.2, -0.15) is 0 Å². The largest absolute Gasteiger partial charge is 0.423 e. The van der Waals surface area contributed by atoms with Gasteiger partial charge in [0.15, 0.2) is 0 Å². The van der Waals surface area contributed by atoms with Crippen molar-refractivity contribution in [1.29, 1.82) is 0 Å². The van der Waals surface area contributed by atoms with Crippen molar-refractivity contribution in [2.24, 2.45) is 5.92 Å². The van der Waals surface area contributed by atoms with E-state index >= 15 is 0 Å². The third kappa shape index (κ3) is 5.82. The fraction of sp³-hybridized carbons (Fsp3) is 0.423. The fourth-order valence-electron chi connectivity index (χ4n) is 3.87. The van der Waals surface area contributed by atoms with Crippen molar-refractivity contribution in [2.75, 3.05) is 0 Å². The van der Waals surface area contributed by atoms with Crippen molar-refractivity contribution in [3.63, 3.8) is 0 Å². The minimum Gasteiger partial charge on any atom is -0.423 e. The molecule has 28 heavy (non-hydrogen) atoms. The lowest BCUT2D eigenvalue weighted by molar-refractivity contribution is 0.0734. The van der Waals surface area contributed by atoms with Crippen LogP contribution >= 0.6 is 0 Å². The molecule has 0 radical (unpaired) electrons. The van der Waals surface area contributed by atoms with Crippen LogP contribution in [0.1, 0.15) is 79.8 Å². The van der Waals surface area contributed by atoms with Gasteiger partial charge in [-0.3, -0.25) is 0 Å². The topological polar surface area (TPSA) is 26.3 Å². The van der Waals surface area contributed by atoms with Gasteiger partial charge < -0.3 is 4.74 Å². The van der Waals surface area contributed by atoms with Crippen LogP contribution in [0.2, 0.25) is 0 Å². The zero-order valence-electron chi connectivity index (χ0n) is 17.2. The molecule has 0 heterocycles. The molecule has 0 aromatic heterocycles. The quantitative estimate of drug-likeness (QED) is 0.273. The van der Waals surface area contributed by atoms with E-state index in [4.69, 9.17) is 4.74 Å². The Balaban J connectivity index is 1.53. The van der Waals surface area contributed by atoms with Gasteiger partial charge in [0.05, 0.1) is 5.56 Å². The van der Waals surface area contributed by atoms with Crippen LogP contribution in [0, 0.1) is 12.8 Å². The summed E-state index contributed by atoms with van der Waals surface area (Å²) in [4.78, 5) is 12.3. The molecule has 0 amide bonds. The summed E-state index contributed by atoms with van der Waals surface area (Å²) in [5.41, 5.74) is 4.39. The van der Waals surface area contributed by atoms with Crippen LogP contribution in [-0.2, 0) is 0 Å². The molecular formula is C26H32O2. The molecular weight excluding hydrogens is 344 g/mol. The summed E-state index contributed by atoms with van der Waals surface area (Å²) in [6, 6.07) is 15.4. The normalized spacial score (nSPS) is 16.5. The maximum Gasteiger partial charge on any atom is 0.343 e. The minimum atomic E-state index is -0.305. The maximum absolute atomic E-state index is 12.3. The molecule has 1 aliphatic carbocycles. The molecule has 2 aromatic rings. The molecule has 2 nitrogen and oxygen atoms in total. The van der Waals surface area contributed by atoms with Crippen LogP contribution in [0.5, 0.6) is 5.75 Å². The number of unbranched alkanes of at least 4 members (excludes halogenated alkanes) is 3. The summed E-state index contributed by atoms with van der Waals surface area (Å²) in [5, 5.41) is 0. The number of esters is 1. The molecule has 0 saturated heterocycles. The van der Waals surface area contributed by atoms with Crippen molar-refractivity contribution in [3.8, 4) is 5.75 Å². The molecule has 0 N–H and O–H groups in total. The predicted molar refractivity (Wildman–Crippen MR) is 117 cm³/mol. The van der Waals surface area contributed by atoms with Gasteiger partial charge in [0.1, 0.15) is 5.75 Å². The van der Waals surface area contributed by atoms with Gasteiger partial charge in [-0.05, 0) is 67.5 Å². The third-order valence-electron chi connectivity index (χ3n) is 5.71. The second-order valence-electron chi connectivity index (χ2n) is 8.00. The molecule has 0 spiro atoms. The number of carbonyl (C=O) groups excluding carboxylic acids is 1. The van der Waals surface area contributed by atoms with Gasteiger partial charge in [-0.25, -0.2) is 4.79 Å². The Labute approximate surface area is 169 Å². The second-order valence-corrected chi connectivity index (χ2v) is 8.00. The Kier molecular flexibility index (Phi) is 7.47. The van der Waals surface area contributed by atoms with Crippen molar-refractivity contribution >= 4 is 11.5 Å². The van der Waals surface area contributed by atoms with E-state index in [-0.39, 0.29) is 5.97 Å². The van der Waals surface area contributed by atoms with Crippen molar-refractivity contribution in [2.45, 2.75) is 65.2 Å². The fourth-order valence-corrected chi connectivity index (χ4v) is 3.87. The van der Waals surface area contributed by atoms with Gasteiger partial charge >= 0.3 is 5.97 Å². The Bertz CT molecular complexity index is 784. The highest BCUT2D eigenvalue weighted by Crippen LogP contribution is 2.33. The molecule has 148 valence electrons. The second kappa shape index (κ2) is 10.3. The van der Waals surface area contributed by atoms with E-state index in [0.29, 0.717) is 11.3 Å². The molecule has 2 aromatic carbocycles. The van der Waals surface area contributed by atoms with E-state index < -0.39 is 0 Å².